The van der Waals surface area contributed by atoms with Crippen LogP contribution in [0, 0.1) is 5.92 Å². The third-order valence-corrected chi connectivity index (χ3v) is 2.79. The molecule has 0 spiro atoms. The van der Waals surface area contributed by atoms with Gasteiger partial charge in [0.05, 0.1) is 0 Å². The quantitative estimate of drug-likeness (QED) is 0.643. The lowest BCUT2D eigenvalue weighted by Gasteiger charge is -2.30. The van der Waals surface area contributed by atoms with Gasteiger partial charge in [-0.05, 0) is 31.8 Å². The zero-order valence-corrected chi connectivity index (χ0v) is 8.62. The number of nitrogens with one attached hydrogen (secondary N) is 1. The summed E-state index contributed by atoms with van der Waals surface area (Å²) in [6.45, 7) is 7.62. The summed E-state index contributed by atoms with van der Waals surface area (Å²) in [7, 11) is 0. The van der Waals surface area contributed by atoms with Crippen LogP contribution in [0.3, 0.4) is 0 Å². The van der Waals surface area contributed by atoms with E-state index in [-0.39, 0.29) is 0 Å². The Kier molecular flexibility index (Phi) is 4.22. The molecule has 0 saturated carbocycles. The number of nitrogens with zero attached hydrogens (tertiary/aromatic N) is 1. The number of likely N-dealkylation sites (tertiary alicyclic amines) is 1. The zero-order chi connectivity index (χ0) is 9.68. The standard InChI is InChI=1S/C10H20N2O/c1-9(2)10(7-11-8-13)12-5-3-4-6-12/h8-10H,3-7H2,1-2H3,(H,11,13). The molecule has 13 heavy (non-hydrogen) atoms. The molecule has 3 heteroatoms. The van der Waals surface area contributed by atoms with Crippen molar-refractivity contribution in [2.75, 3.05) is 19.6 Å². The van der Waals surface area contributed by atoms with Gasteiger partial charge in [-0.3, -0.25) is 9.69 Å². The first-order chi connectivity index (χ1) is 6.25. The minimum Gasteiger partial charge on any atom is -0.357 e. The predicted molar refractivity (Wildman–Crippen MR) is 53.5 cm³/mol. The maximum atomic E-state index is 10.2. The molecule has 0 aromatic heterocycles. The average Bonchev–Trinajstić information content (AvgIpc) is 2.57. The molecule has 1 N–H and O–H groups in total. The van der Waals surface area contributed by atoms with Crippen molar-refractivity contribution in [2.45, 2.75) is 32.7 Å². The first-order valence-corrected chi connectivity index (χ1v) is 5.16. The van der Waals surface area contributed by atoms with Gasteiger partial charge in [0, 0.05) is 12.6 Å². The summed E-state index contributed by atoms with van der Waals surface area (Å²) in [4.78, 5) is 12.7. The van der Waals surface area contributed by atoms with Crippen molar-refractivity contribution < 1.29 is 4.79 Å². The van der Waals surface area contributed by atoms with Crippen molar-refractivity contribution in [3.05, 3.63) is 0 Å². The lowest BCUT2D eigenvalue weighted by atomic mass is 10.0. The molecule has 1 aliphatic rings. The van der Waals surface area contributed by atoms with Gasteiger partial charge in [-0.25, -0.2) is 0 Å². The van der Waals surface area contributed by atoms with Crippen LogP contribution in [0.1, 0.15) is 26.7 Å². The second-order valence-corrected chi connectivity index (χ2v) is 4.08. The SMILES string of the molecule is CC(C)C(CNC=O)N1CCCC1. The summed E-state index contributed by atoms with van der Waals surface area (Å²) in [6.07, 6.45) is 3.42. The van der Waals surface area contributed by atoms with Crippen LogP contribution in [0.2, 0.25) is 0 Å². The fraction of sp³-hybridized carbons (Fsp3) is 0.900. The highest BCUT2D eigenvalue weighted by molar-refractivity contribution is 5.45. The van der Waals surface area contributed by atoms with E-state index in [9.17, 15) is 4.79 Å². The maximum absolute atomic E-state index is 10.2. The molecule has 0 radical (unpaired) electrons. The molecule has 1 saturated heterocycles. The van der Waals surface area contributed by atoms with Gasteiger partial charge in [-0.1, -0.05) is 13.8 Å². The smallest absolute Gasteiger partial charge is 0.207 e. The third-order valence-electron chi connectivity index (χ3n) is 2.79. The Morgan fingerprint density at radius 1 is 1.38 bits per heavy atom. The van der Waals surface area contributed by atoms with E-state index in [0.29, 0.717) is 12.0 Å². The Balaban J connectivity index is 2.40. The second-order valence-electron chi connectivity index (χ2n) is 4.08. The zero-order valence-electron chi connectivity index (χ0n) is 8.62. The highest BCUT2D eigenvalue weighted by Gasteiger charge is 2.23. The van der Waals surface area contributed by atoms with Gasteiger partial charge < -0.3 is 5.32 Å². The number of carbonyl (C=O) groups is 1. The van der Waals surface area contributed by atoms with E-state index < -0.39 is 0 Å². The van der Waals surface area contributed by atoms with Crippen LogP contribution >= 0.6 is 0 Å². The molecule has 0 bridgehead atoms. The van der Waals surface area contributed by atoms with E-state index in [1.165, 1.54) is 25.9 Å². The van der Waals surface area contributed by atoms with Crippen LogP contribution in [-0.2, 0) is 4.79 Å². The summed E-state index contributed by atoms with van der Waals surface area (Å²) in [5, 5.41) is 2.78. The molecule has 76 valence electrons. The fourth-order valence-corrected chi connectivity index (χ4v) is 2.03. The summed E-state index contributed by atoms with van der Waals surface area (Å²) in [6, 6.07) is 0.521. The van der Waals surface area contributed by atoms with E-state index in [4.69, 9.17) is 0 Å². The van der Waals surface area contributed by atoms with Crippen LogP contribution in [0.4, 0.5) is 0 Å². The van der Waals surface area contributed by atoms with Crippen LogP contribution in [0.15, 0.2) is 0 Å². The van der Waals surface area contributed by atoms with E-state index in [2.05, 4.69) is 24.1 Å². The predicted octanol–water partition coefficient (Wildman–Crippen LogP) is 0.853. The second kappa shape index (κ2) is 5.22. The molecule has 1 atom stereocenters. The Labute approximate surface area is 80.5 Å². The average molecular weight is 184 g/mol. The van der Waals surface area contributed by atoms with Crippen molar-refractivity contribution in [1.82, 2.24) is 10.2 Å². The van der Waals surface area contributed by atoms with Crippen molar-refractivity contribution in [3.8, 4) is 0 Å². The Morgan fingerprint density at radius 2 is 2.00 bits per heavy atom. The molecule has 1 aliphatic heterocycles. The lowest BCUT2D eigenvalue weighted by molar-refractivity contribution is -0.109. The van der Waals surface area contributed by atoms with Gasteiger partial charge in [0.1, 0.15) is 0 Å². The van der Waals surface area contributed by atoms with Gasteiger partial charge in [-0.2, -0.15) is 0 Å². The number of hydrogen-bond acceptors (Lipinski definition) is 2. The molecular formula is C10H20N2O. The minimum absolute atomic E-state index is 0.521. The molecule has 0 aromatic carbocycles. The minimum atomic E-state index is 0.521. The molecule has 1 rings (SSSR count). The van der Waals surface area contributed by atoms with Crippen LogP contribution in [-0.4, -0.2) is 37.0 Å². The third kappa shape index (κ3) is 2.99. The van der Waals surface area contributed by atoms with Gasteiger partial charge in [0.2, 0.25) is 6.41 Å². The highest BCUT2D eigenvalue weighted by Crippen LogP contribution is 2.16. The normalized spacial score (nSPS) is 20.5. The molecule has 0 aromatic rings. The van der Waals surface area contributed by atoms with Gasteiger partial charge in [0.15, 0.2) is 0 Å². The molecule has 1 fully saturated rings. The molecule has 1 amide bonds. The lowest BCUT2D eigenvalue weighted by Crippen LogP contribution is -2.43. The number of rotatable bonds is 5. The topological polar surface area (TPSA) is 32.3 Å². The van der Waals surface area contributed by atoms with Gasteiger partial charge in [0.25, 0.3) is 0 Å². The Bertz CT molecular complexity index is 153. The van der Waals surface area contributed by atoms with Crippen molar-refractivity contribution in [2.24, 2.45) is 5.92 Å². The highest BCUT2D eigenvalue weighted by atomic mass is 16.1. The van der Waals surface area contributed by atoms with Gasteiger partial charge >= 0.3 is 0 Å². The summed E-state index contributed by atoms with van der Waals surface area (Å²) >= 11 is 0. The summed E-state index contributed by atoms with van der Waals surface area (Å²) in [5.74, 6) is 0.616. The van der Waals surface area contributed by atoms with Crippen LogP contribution in [0.25, 0.3) is 0 Å². The molecule has 0 aliphatic carbocycles. The van der Waals surface area contributed by atoms with Crippen molar-refractivity contribution in [3.63, 3.8) is 0 Å². The fourth-order valence-electron chi connectivity index (χ4n) is 2.03. The van der Waals surface area contributed by atoms with Crippen LogP contribution in [0.5, 0.6) is 0 Å². The Morgan fingerprint density at radius 3 is 2.46 bits per heavy atom. The largest absolute Gasteiger partial charge is 0.357 e. The number of amides is 1. The first-order valence-electron chi connectivity index (χ1n) is 5.16. The van der Waals surface area contributed by atoms with E-state index >= 15 is 0 Å². The van der Waals surface area contributed by atoms with Crippen molar-refractivity contribution in [1.29, 1.82) is 0 Å². The van der Waals surface area contributed by atoms with E-state index in [1.807, 2.05) is 0 Å². The van der Waals surface area contributed by atoms with Crippen molar-refractivity contribution >= 4 is 6.41 Å². The first kappa shape index (κ1) is 10.5. The van der Waals surface area contributed by atoms with Gasteiger partial charge in [-0.15, -0.1) is 0 Å². The van der Waals surface area contributed by atoms with E-state index in [1.54, 1.807) is 0 Å². The molecule has 1 unspecified atom stereocenters. The summed E-state index contributed by atoms with van der Waals surface area (Å²) < 4.78 is 0. The molecule has 1 heterocycles. The summed E-state index contributed by atoms with van der Waals surface area (Å²) in [5.41, 5.74) is 0. The Hall–Kier alpha value is -0.570. The number of hydrogen-bond donors (Lipinski definition) is 1. The number of carbonyl (C=O) groups excluding carboxylic acids is 1. The van der Waals surface area contributed by atoms with Crippen LogP contribution < -0.4 is 5.32 Å². The monoisotopic (exact) mass is 184 g/mol. The molecular weight excluding hydrogens is 164 g/mol. The van der Waals surface area contributed by atoms with E-state index in [0.717, 1.165) is 13.0 Å². The molecule has 3 nitrogen and oxygen atoms in total. The maximum Gasteiger partial charge on any atom is 0.207 e.